The average Bonchev–Trinajstić information content (AvgIpc) is 2.95. The number of nitriles is 1. The summed E-state index contributed by atoms with van der Waals surface area (Å²) in [7, 11) is 0. The van der Waals surface area contributed by atoms with Gasteiger partial charge in [0.25, 0.3) is 5.91 Å². The van der Waals surface area contributed by atoms with Crippen LogP contribution in [0, 0.1) is 31.1 Å². The second-order valence-corrected chi connectivity index (χ2v) is 8.07. The lowest BCUT2D eigenvalue weighted by molar-refractivity contribution is -0.151. The molecule has 0 radical (unpaired) electrons. The predicted octanol–water partition coefficient (Wildman–Crippen LogP) is 4.05. The monoisotopic (exact) mass is 399 g/mol. The molecule has 158 valence electrons. The highest BCUT2D eigenvalue weighted by Gasteiger charge is 2.27. The Morgan fingerprint density at radius 3 is 2.69 bits per heavy atom. The van der Waals surface area contributed by atoms with Gasteiger partial charge in [-0.25, -0.2) is 4.79 Å². The van der Waals surface area contributed by atoms with E-state index < -0.39 is 12.1 Å². The number of hydrogen-bond donors (Lipinski definition) is 1. The van der Waals surface area contributed by atoms with E-state index in [0.717, 1.165) is 49.2 Å². The molecule has 0 aromatic carbocycles. The van der Waals surface area contributed by atoms with E-state index >= 15 is 0 Å². The van der Waals surface area contributed by atoms with Crippen LogP contribution in [0.5, 0.6) is 0 Å². The van der Waals surface area contributed by atoms with Gasteiger partial charge < -0.3 is 14.6 Å². The molecule has 0 aliphatic heterocycles. The number of rotatable bonds is 7. The standard InChI is InChI=1S/C23H33N3O3/c1-6-11-26-16(3)12-19(17(26)4)13-20(14-24)23(28)29-18(5)22(27)25-21-10-8-7-9-15(21)2/h12-13,15,18,21H,6-11H2,1-5H3,(H,25,27)/b20-13+. The van der Waals surface area contributed by atoms with E-state index in [1.165, 1.54) is 6.42 Å². The summed E-state index contributed by atoms with van der Waals surface area (Å²) < 4.78 is 7.45. The molecule has 3 atom stereocenters. The highest BCUT2D eigenvalue weighted by Crippen LogP contribution is 2.24. The summed E-state index contributed by atoms with van der Waals surface area (Å²) in [6.07, 6.45) is 5.93. The molecule has 1 aromatic rings. The molecule has 2 rings (SSSR count). The van der Waals surface area contributed by atoms with E-state index in [1.54, 1.807) is 13.0 Å². The Morgan fingerprint density at radius 1 is 1.38 bits per heavy atom. The number of carbonyl (C=O) groups excluding carboxylic acids is 2. The summed E-state index contributed by atoms with van der Waals surface area (Å²) in [6.45, 7) is 10.6. The summed E-state index contributed by atoms with van der Waals surface area (Å²) in [6, 6.07) is 3.99. The summed E-state index contributed by atoms with van der Waals surface area (Å²) in [5, 5.41) is 12.4. The number of aryl methyl sites for hydroxylation is 1. The van der Waals surface area contributed by atoms with E-state index in [4.69, 9.17) is 4.74 Å². The van der Waals surface area contributed by atoms with Gasteiger partial charge in [0.05, 0.1) is 0 Å². The molecule has 1 aliphatic rings. The molecule has 1 aliphatic carbocycles. The Morgan fingerprint density at radius 2 is 2.07 bits per heavy atom. The van der Waals surface area contributed by atoms with Crippen LogP contribution in [0.25, 0.3) is 6.08 Å². The number of amides is 1. The predicted molar refractivity (Wildman–Crippen MR) is 113 cm³/mol. The molecule has 1 amide bonds. The normalized spacial score (nSPS) is 20.6. The van der Waals surface area contributed by atoms with Crippen LogP contribution in [-0.4, -0.2) is 28.6 Å². The topological polar surface area (TPSA) is 84.1 Å². The lowest BCUT2D eigenvalue weighted by Gasteiger charge is -2.30. The minimum atomic E-state index is -0.944. The number of esters is 1. The first kappa shape index (κ1) is 22.7. The lowest BCUT2D eigenvalue weighted by Crippen LogP contribution is -2.46. The van der Waals surface area contributed by atoms with Crippen molar-refractivity contribution in [3.8, 4) is 6.07 Å². The van der Waals surface area contributed by atoms with Gasteiger partial charge in [-0.3, -0.25) is 4.79 Å². The van der Waals surface area contributed by atoms with Crippen molar-refractivity contribution in [3.05, 3.63) is 28.6 Å². The molecule has 1 fully saturated rings. The van der Waals surface area contributed by atoms with Crippen molar-refractivity contribution in [2.45, 2.75) is 85.4 Å². The SMILES string of the molecule is CCCn1c(C)cc(/C=C(\C#N)C(=O)OC(C)C(=O)NC2CCCCC2C)c1C. The van der Waals surface area contributed by atoms with Crippen LogP contribution in [0.1, 0.15) is 69.8 Å². The zero-order valence-electron chi connectivity index (χ0n) is 18.2. The second-order valence-electron chi connectivity index (χ2n) is 8.07. The summed E-state index contributed by atoms with van der Waals surface area (Å²) in [5.74, 6) is -0.661. The van der Waals surface area contributed by atoms with E-state index in [0.29, 0.717) is 5.92 Å². The summed E-state index contributed by atoms with van der Waals surface area (Å²) in [5.41, 5.74) is 2.79. The molecule has 1 saturated carbocycles. The van der Waals surface area contributed by atoms with Crippen LogP contribution in [0.3, 0.4) is 0 Å². The third kappa shape index (κ3) is 5.72. The quantitative estimate of drug-likeness (QED) is 0.426. The largest absolute Gasteiger partial charge is 0.448 e. The highest BCUT2D eigenvalue weighted by atomic mass is 16.5. The van der Waals surface area contributed by atoms with Crippen molar-refractivity contribution >= 4 is 18.0 Å². The van der Waals surface area contributed by atoms with E-state index in [-0.39, 0.29) is 17.5 Å². The third-order valence-corrected chi connectivity index (χ3v) is 5.79. The fourth-order valence-corrected chi connectivity index (χ4v) is 3.94. The van der Waals surface area contributed by atoms with Crippen molar-refractivity contribution in [2.75, 3.05) is 0 Å². The zero-order valence-corrected chi connectivity index (χ0v) is 18.2. The Labute approximate surface area is 173 Å². The molecule has 6 heteroatoms. The summed E-state index contributed by atoms with van der Waals surface area (Å²) in [4.78, 5) is 24.9. The third-order valence-electron chi connectivity index (χ3n) is 5.79. The lowest BCUT2D eigenvalue weighted by atomic mass is 9.86. The first-order valence-electron chi connectivity index (χ1n) is 10.6. The number of nitrogens with zero attached hydrogens (tertiary/aromatic N) is 2. The van der Waals surface area contributed by atoms with Crippen LogP contribution in [0.15, 0.2) is 11.6 Å². The number of aromatic nitrogens is 1. The zero-order chi connectivity index (χ0) is 21.6. The molecular weight excluding hydrogens is 366 g/mol. The van der Waals surface area contributed by atoms with Gasteiger partial charge in [-0.1, -0.05) is 26.7 Å². The average molecular weight is 400 g/mol. The molecule has 3 unspecified atom stereocenters. The van der Waals surface area contributed by atoms with Gasteiger partial charge in [0.1, 0.15) is 11.6 Å². The van der Waals surface area contributed by atoms with Crippen molar-refractivity contribution in [2.24, 2.45) is 5.92 Å². The number of ether oxygens (including phenoxy) is 1. The Bertz CT molecular complexity index is 816. The minimum Gasteiger partial charge on any atom is -0.448 e. The van der Waals surface area contributed by atoms with Gasteiger partial charge in [-0.05, 0) is 63.7 Å². The van der Waals surface area contributed by atoms with Crippen LogP contribution >= 0.6 is 0 Å². The minimum absolute atomic E-state index is 0.104. The van der Waals surface area contributed by atoms with Gasteiger partial charge in [-0.15, -0.1) is 0 Å². The molecule has 6 nitrogen and oxygen atoms in total. The van der Waals surface area contributed by atoms with Crippen molar-refractivity contribution < 1.29 is 14.3 Å². The first-order chi connectivity index (χ1) is 13.8. The molecule has 0 saturated heterocycles. The van der Waals surface area contributed by atoms with Gasteiger partial charge in [0.2, 0.25) is 0 Å². The smallest absolute Gasteiger partial charge is 0.349 e. The van der Waals surface area contributed by atoms with Gasteiger partial charge >= 0.3 is 5.97 Å². The molecule has 0 spiro atoms. The molecule has 1 aromatic heterocycles. The first-order valence-corrected chi connectivity index (χ1v) is 10.6. The number of nitrogens with one attached hydrogen (secondary N) is 1. The van der Waals surface area contributed by atoms with E-state index in [2.05, 4.69) is 23.7 Å². The molecule has 0 bridgehead atoms. The van der Waals surface area contributed by atoms with Crippen molar-refractivity contribution in [3.63, 3.8) is 0 Å². The maximum absolute atomic E-state index is 12.5. The molecule has 1 N–H and O–H groups in total. The van der Waals surface area contributed by atoms with Crippen molar-refractivity contribution in [1.29, 1.82) is 5.26 Å². The maximum atomic E-state index is 12.5. The van der Waals surface area contributed by atoms with Crippen LogP contribution in [0.2, 0.25) is 0 Å². The Hall–Kier alpha value is -2.55. The highest BCUT2D eigenvalue weighted by molar-refractivity contribution is 5.99. The summed E-state index contributed by atoms with van der Waals surface area (Å²) >= 11 is 0. The Kier molecular flexibility index (Phi) is 8.07. The second kappa shape index (κ2) is 10.3. The molecule has 29 heavy (non-hydrogen) atoms. The maximum Gasteiger partial charge on any atom is 0.349 e. The van der Waals surface area contributed by atoms with Crippen molar-refractivity contribution in [1.82, 2.24) is 9.88 Å². The van der Waals surface area contributed by atoms with E-state index in [9.17, 15) is 14.9 Å². The Balaban J connectivity index is 2.05. The van der Waals surface area contributed by atoms with Gasteiger partial charge in [0.15, 0.2) is 6.10 Å². The van der Waals surface area contributed by atoms with Gasteiger partial charge in [-0.2, -0.15) is 5.26 Å². The van der Waals surface area contributed by atoms with E-state index in [1.807, 2.05) is 26.0 Å². The van der Waals surface area contributed by atoms with Crippen LogP contribution < -0.4 is 5.32 Å². The number of carbonyl (C=O) groups is 2. The van der Waals surface area contributed by atoms with Gasteiger partial charge in [0, 0.05) is 24.0 Å². The van der Waals surface area contributed by atoms with Crippen LogP contribution in [0.4, 0.5) is 0 Å². The molecule has 1 heterocycles. The van der Waals surface area contributed by atoms with Crippen LogP contribution in [-0.2, 0) is 20.9 Å². The fraction of sp³-hybridized carbons (Fsp3) is 0.609. The molecular formula is C23H33N3O3. The fourth-order valence-electron chi connectivity index (χ4n) is 3.94. The number of hydrogen-bond acceptors (Lipinski definition) is 4.